The summed E-state index contributed by atoms with van der Waals surface area (Å²) in [4.78, 5) is 4.67. The molecule has 2 N–H and O–H groups in total. The highest BCUT2D eigenvalue weighted by Gasteiger charge is 2.12. The Morgan fingerprint density at radius 1 is 1.21 bits per heavy atom. The van der Waals surface area contributed by atoms with Gasteiger partial charge in [-0.2, -0.15) is 0 Å². The minimum Gasteiger partial charge on any atom is -0.399 e. The molecule has 0 amide bonds. The SMILES string of the molecule is Cc1cc(N)cc(-c2nc3cccc(Cl)c3s2)c1C. The van der Waals surface area contributed by atoms with Crippen molar-refractivity contribution in [2.45, 2.75) is 13.8 Å². The molecule has 4 heteroatoms. The molecule has 96 valence electrons. The van der Waals surface area contributed by atoms with Gasteiger partial charge in [0.2, 0.25) is 0 Å². The van der Waals surface area contributed by atoms with E-state index in [4.69, 9.17) is 17.3 Å². The van der Waals surface area contributed by atoms with Crippen LogP contribution in [0.5, 0.6) is 0 Å². The van der Waals surface area contributed by atoms with E-state index in [9.17, 15) is 0 Å². The van der Waals surface area contributed by atoms with Gasteiger partial charge in [-0.25, -0.2) is 4.98 Å². The lowest BCUT2D eigenvalue weighted by Gasteiger charge is -2.07. The number of thiazole rings is 1. The Bertz CT molecular complexity index is 777. The summed E-state index contributed by atoms with van der Waals surface area (Å²) in [5.74, 6) is 0. The maximum Gasteiger partial charge on any atom is 0.125 e. The second-order valence-electron chi connectivity index (χ2n) is 4.62. The van der Waals surface area contributed by atoms with E-state index in [0.717, 1.165) is 31.5 Å². The molecule has 2 nitrogen and oxygen atoms in total. The maximum absolute atomic E-state index is 6.21. The summed E-state index contributed by atoms with van der Waals surface area (Å²) in [7, 11) is 0. The fraction of sp³-hybridized carbons (Fsp3) is 0.133. The standard InChI is InChI=1S/C15H13ClN2S/c1-8-6-10(17)7-11(9(8)2)15-18-13-5-3-4-12(16)14(13)19-15/h3-7H,17H2,1-2H3. The monoisotopic (exact) mass is 288 g/mol. The first-order valence-electron chi connectivity index (χ1n) is 5.98. The van der Waals surface area contributed by atoms with Crippen LogP contribution in [-0.2, 0) is 0 Å². The molecule has 0 aliphatic carbocycles. The number of benzene rings is 2. The molecule has 0 spiro atoms. The highest BCUT2D eigenvalue weighted by atomic mass is 35.5. The van der Waals surface area contributed by atoms with Crippen LogP contribution in [0.15, 0.2) is 30.3 Å². The van der Waals surface area contributed by atoms with Gasteiger partial charge in [-0.3, -0.25) is 0 Å². The summed E-state index contributed by atoms with van der Waals surface area (Å²) in [5.41, 5.74) is 11.1. The normalized spacial score (nSPS) is 11.1. The molecule has 19 heavy (non-hydrogen) atoms. The van der Waals surface area contributed by atoms with Gasteiger partial charge in [-0.1, -0.05) is 17.7 Å². The Morgan fingerprint density at radius 2 is 2.00 bits per heavy atom. The molecule has 0 bridgehead atoms. The van der Waals surface area contributed by atoms with Crippen LogP contribution >= 0.6 is 22.9 Å². The van der Waals surface area contributed by atoms with Crippen molar-refractivity contribution in [3.05, 3.63) is 46.5 Å². The summed E-state index contributed by atoms with van der Waals surface area (Å²) in [6.07, 6.45) is 0. The zero-order valence-electron chi connectivity index (χ0n) is 10.7. The molecular formula is C15H13ClN2S. The van der Waals surface area contributed by atoms with E-state index in [1.165, 1.54) is 11.1 Å². The summed E-state index contributed by atoms with van der Waals surface area (Å²) >= 11 is 7.82. The molecule has 1 aromatic heterocycles. The molecule has 0 unspecified atom stereocenters. The molecule has 0 fully saturated rings. The van der Waals surface area contributed by atoms with Crippen molar-refractivity contribution < 1.29 is 0 Å². The predicted molar refractivity (Wildman–Crippen MR) is 84.0 cm³/mol. The summed E-state index contributed by atoms with van der Waals surface area (Å²) in [6.45, 7) is 4.16. The smallest absolute Gasteiger partial charge is 0.125 e. The van der Waals surface area contributed by atoms with Crippen LogP contribution in [0, 0.1) is 13.8 Å². The molecule has 0 saturated carbocycles. The lowest BCUT2D eigenvalue weighted by atomic mass is 10.0. The first kappa shape index (κ1) is 12.5. The Balaban J connectivity index is 2.28. The van der Waals surface area contributed by atoms with E-state index in [1.807, 2.05) is 30.3 Å². The van der Waals surface area contributed by atoms with E-state index in [-0.39, 0.29) is 0 Å². The van der Waals surface area contributed by atoms with Crippen molar-refractivity contribution in [2.75, 3.05) is 5.73 Å². The molecular weight excluding hydrogens is 276 g/mol. The first-order chi connectivity index (χ1) is 9.06. The fourth-order valence-corrected chi connectivity index (χ4v) is 3.47. The van der Waals surface area contributed by atoms with Gasteiger partial charge >= 0.3 is 0 Å². The van der Waals surface area contributed by atoms with E-state index >= 15 is 0 Å². The van der Waals surface area contributed by atoms with Crippen LogP contribution < -0.4 is 5.73 Å². The Kier molecular flexibility index (Phi) is 2.96. The third kappa shape index (κ3) is 2.09. The van der Waals surface area contributed by atoms with E-state index in [1.54, 1.807) is 11.3 Å². The van der Waals surface area contributed by atoms with Gasteiger partial charge in [0.05, 0.1) is 15.2 Å². The molecule has 0 aliphatic heterocycles. The van der Waals surface area contributed by atoms with E-state index in [0.29, 0.717) is 0 Å². The van der Waals surface area contributed by atoms with Crippen LogP contribution in [0.1, 0.15) is 11.1 Å². The minimum atomic E-state index is 0.750. The number of nitrogen functional groups attached to an aromatic ring is 1. The van der Waals surface area contributed by atoms with Crippen LogP contribution in [0.25, 0.3) is 20.8 Å². The van der Waals surface area contributed by atoms with Crippen molar-refractivity contribution >= 4 is 38.8 Å². The molecule has 0 atom stereocenters. The lowest BCUT2D eigenvalue weighted by Crippen LogP contribution is -1.92. The second-order valence-corrected chi connectivity index (χ2v) is 6.02. The number of hydrogen-bond donors (Lipinski definition) is 1. The zero-order valence-corrected chi connectivity index (χ0v) is 12.3. The Labute approximate surface area is 120 Å². The third-order valence-corrected chi connectivity index (χ3v) is 4.85. The summed E-state index contributed by atoms with van der Waals surface area (Å²) < 4.78 is 1.03. The van der Waals surface area contributed by atoms with Gasteiger partial charge < -0.3 is 5.73 Å². The fourth-order valence-electron chi connectivity index (χ4n) is 2.14. The predicted octanol–water partition coefficient (Wildman–Crippen LogP) is 4.82. The zero-order chi connectivity index (χ0) is 13.6. The lowest BCUT2D eigenvalue weighted by molar-refractivity contribution is 1.33. The van der Waals surface area contributed by atoms with Crippen molar-refractivity contribution in [1.29, 1.82) is 0 Å². The molecule has 0 radical (unpaired) electrons. The topological polar surface area (TPSA) is 38.9 Å². The number of nitrogens with two attached hydrogens (primary N) is 1. The van der Waals surface area contributed by atoms with Crippen LogP contribution in [-0.4, -0.2) is 4.98 Å². The van der Waals surface area contributed by atoms with Crippen LogP contribution in [0.3, 0.4) is 0 Å². The molecule has 3 rings (SSSR count). The van der Waals surface area contributed by atoms with Gasteiger partial charge in [0, 0.05) is 11.3 Å². The van der Waals surface area contributed by atoms with Gasteiger partial charge in [0.25, 0.3) is 0 Å². The van der Waals surface area contributed by atoms with Gasteiger partial charge in [-0.15, -0.1) is 11.3 Å². The highest BCUT2D eigenvalue weighted by Crippen LogP contribution is 2.37. The molecule has 0 saturated heterocycles. The third-order valence-electron chi connectivity index (χ3n) is 3.29. The molecule has 0 aliphatic rings. The highest BCUT2D eigenvalue weighted by molar-refractivity contribution is 7.22. The Hall–Kier alpha value is -1.58. The number of halogens is 1. The minimum absolute atomic E-state index is 0.750. The summed E-state index contributed by atoms with van der Waals surface area (Å²) in [5, 5.41) is 1.72. The van der Waals surface area contributed by atoms with Crippen LogP contribution in [0.4, 0.5) is 5.69 Å². The number of nitrogens with zero attached hydrogens (tertiary/aromatic N) is 1. The molecule has 1 heterocycles. The number of fused-ring (bicyclic) bond motifs is 1. The van der Waals surface area contributed by atoms with Gasteiger partial charge in [0.15, 0.2) is 0 Å². The van der Waals surface area contributed by atoms with Crippen molar-refractivity contribution in [3.8, 4) is 10.6 Å². The average molecular weight is 289 g/mol. The van der Waals surface area contributed by atoms with Gasteiger partial charge in [-0.05, 0) is 49.2 Å². The molecule has 2 aromatic carbocycles. The second kappa shape index (κ2) is 4.51. The largest absolute Gasteiger partial charge is 0.399 e. The summed E-state index contributed by atoms with van der Waals surface area (Å²) in [6, 6.07) is 9.76. The number of anilines is 1. The number of aryl methyl sites for hydroxylation is 1. The first-order valence-corrected chi connectivity index (χ1v) is 7.18. The quantitative estimate of drug-likeness (QED) is 0.652. The van der Waals surface area contributed by atoms with E-state index in [2.05, 4.69) is 18.8 Å². The number of aromatic nitrogens is 1. The van der Waals surface area contributed by atoms with Crippen molar-refractivity contribution in [1.82, 2.24) is 4.98 Å². The number of rotatable bonds is 1. The van der Waals surface area contributed by atoms with Crippen molar-refractivity contribution in [2.24, 2.45) is 0 Å². The van der Waals surface area contributed by atoms with Crippen molar-refractivity contribution in [3.63, 3.8) is 0 Å². The van der Waals surface area contributed by atoms with Gasteiger partial charge in [0.1, 0.15) is 5.01 Å². The molecule has 3 aromatic rings. The maximum atomic E-state index is 6.21. The average Bonchev–Trinajstić information content (AvgIpc) is 2.79. The van der Waals surface area contributed by atoms with Crippen LogP contribution in [0.2, 0.25) is 5.02 Å². The van der Waals surface area contributed by atoms with E-state index < -0.39 is 0 Å². The number of hydrogen-bond acceptors (Lipinski definition) is 3. The Morgan fingerprint density at radius 3 is 2.74 bits per heavy atom.